The number of fused-ring (bicyclic) bond motifs is 1. The second-order valence-electron chi connectivity index (χ2n) is 7.09. The summed E-state index contributed by atoms with van der Waals surface area (Å²) in [6, 6.07) is 1.81. The van der Waals surface area contributed by atoms with Crippen molar-refractivity contribution < 1.29 is 4.79 Å². The van der Waals surface area contributed by atoms with E-state index in [-0.39, 0.29) is 17.1 Å². The molecule has 1 fully saturated rings. The molecule has 2 atom stereocenters. The minimum absolute atomic E-state index is 0.00835. The van der Waals surface area contributed by atoms with Gasteiger partial charge in [0.25, 0.3) is 0 Å². The molecule has 1 saturated heterocycles. The molecule has 0 amide bonds. The van der Waals surface area contributed by atoms with Gasteiger partial charge in [0.2, 0.25) is 11.6 Å². The molecule has 3 rings (SSSR count). The molecule has 0 radical (unpaired) electrons. The third-order valence-electron chi connectivity index (χ3n) is 5.59. The van der Waals surface area contributed by atoms with Crippen LogP contribution in [0.25, 0.3) is 4.85 Å². The summed E-state index contributed by atoms with van der Waals surface area (Å²) in [5.74, 6) is 0.968. The monoisotopic (exact) mass is 310 g/mol. The molecular weight excluding hydrogens is 288 g/mol. The van der Waals surface area contributed by atoms with Crippen molar-refractivity contribution in [3.05, 3.63) is 41.7 Å². The quantitative estimate of drug-likeness (QED) is 0.788. The fourth-order valence-electron chi connectivity index (χ4n) is 4.34. The van der Waals surface area contributed by atoms with Crippen molar-refractivity contribution in [1.29, 1.82) is 0 Å². The van der Waals surface area contributed by atoms with Gasteiger partial charge in [0, 0.05) is 36.3 Å². The lowest BCUT2D eigenvalue weighted by atomic mass is 9.54. The number of nitrogens with zero attached hydrogens (tertiary/aromatic N) is 4. The zero-order valence-corrected chi connectivity index (χ0v) is 13.9. The summed E-state index contributed by atoms with van der Waals surface area (Å²) < 4.78 is 0. The van der Waals surface area contributed by atoms with Crippen LogP contribution < -0.4 is 4.90 Å². The maximum absolute atomic E-state index is 12.6. The topological polar surface area (TPSA) is 50.5 Å². The molecule has 2 heterocycles. The number of carbonyl (C=O) groups is 1. The average Bonchev–Trinajstić information content (AvgIpc) is 2.58. The standard InChI is InChI=1S/C18H22N4O/c1-5-18-11-13(19-4)15(23)17(2,3)14(18)7-10-22(12-18)16-20-8-6-9-21-16/h6,8-9,11,14H,5,7,10,12H2,1-3H3/t14-,18+/m0/s1. The smallest absolute Gasteiger partial charge is 0.226 e. The van der Waals surface area contributed by atoms with Gasteiger partial charge in [0.1, 0.15) is 0 Å². The summed E-state index contributed by atoms with van der Waals surface area (Å²) in [7, 11) is 0. The van der Waals surface area contributed by atoms with Crippen LogP contribution in [0.2, 0.25) is 0 Å². The molecule has 120 valence electrons. The average molecular weight is 310 g/mol. The van der Waals surface area contributed by atoms with Gasteiger partial charge in [0.05, 0.1) is 6.57 Å². The Morgan fingerprint density at radius 1 is 1.39 bits per heavy atom. The van der Waals surface area contributed by atoms with E-state index in [1.165, 1.54) is 0 Å². The van der Waals surface area contributed by atoms with E-state index >= 15 is 0 Å². The molecule has 0 bridgehead atoms. The summed E-state index contributed by atoms with van der Waals surface area (Å²) in [5.41, 5.74) is -0.368. The van der Waals surface area contributed by atoms with Gasteiger partial charge in [-0.25, -0.2) is 14.8 Å². The number of Topliss-reactive ketones (excluding diaryl/α,β-unsaturated/α-hetero) is 1. The number of hydrogen-bond donors (Lipinski definition) is 0. The van der Waals surface area contributed by atoms with Gasteiger partial charge < -0.3 is 9.69 Å². The Morgan fingerprint density at radius 2 is 2.09 bits per heavy atom. The first kappa shape index (κ1) is 15.7. The van der Waals surface area contributed by atoms with Gasteiger partial charge in [-0.3, -0.25) is 0 Å². The fraction of sp³-hybridized carbons (Fsp3) is 0.556. The first-order valence-corrected chi connectivity index (χ1v) is 8.11. The van der Waals surface area contributed by atoms with Crippen molar-refractivity contribution >= 4 is 11.7 Å². The Morgan fingerprint density at radius 3 is 2.70 bits per heavy atom. The molecule has 5 heteroatoms. The summed E-state index contributed by atoms with van der Waals surface area (Å²) in [6.07, 6.45) is 7.25. The van der Waals surface area contributed by atoms with Crippen LogP contribution in [0.4, 0.5) is 5.95 Å². The molecule has 0 aromatic carbocycles. The molecule has 2 aliphatic rings. The fourth-order valence-corrected chi connectivity index (χ4v) is 4.34. The van der Waals surface area contributed by atoms with Gasteiger partial charge in [0.15, 0.2) is 5.78 Å². The van der Waals surface area contributed by atoms with E-state index in [4.69, 9.17) is 6.57 Å². The van der Waals surface area contributed by atoms with Crippen LogP contribution in [-0.4, -0.2) is 28.8 Å². The second kappa shape index (κ2) is 5.45. The predicted molar refractivity (Wildman–Crippen MR) is 88.5 cm³/mol. The Labute approximate surface area is 137 Å². The van der Waals surface area contributed by atoms with E-state index in [9.17, 15) is 4.79 Å². The second-order valence-corrected chi connectivity index (χ2v) is 7.09. The number of carbonyl (C=O) groups excluding carboxylic acids is 1. The molecular formula is C18H22N4O. The highest BCUT2D eigenvalue weighted by molar-refractivity contribution is 6.02. The molecule has 0 N–H and O–H groups in total. The molecule has 1 aliphatic carbocycles. The van der Waals surface area contributed by atoms with Gasteiger partial charge in [-0.2, -0.15) is 0 Å². The molecule has 1 aromatic heterocycles. The van der Waals surface area contributed by atoms with E-state index in [1.807, 2.05) is 26.0 Å². The Bertz CT molecular complexity index is 689. The van der Waals surface area contributed by atoms with Gasteiger partial charge >= 0.3 is 0 Å². The van der Waals surface area contributed by atoms with Crippen LogP contribution in [0, 0.1) is 23.3 Å². The molecule has 1 aliphatic heterocycles. The maximum Gasteiger partial charge on any atom is 0.226 e. The third-order valence-corrected chi connectivity index (χ3v) is 5.59. The maximum atomic E-state index is 12.6. The first-order chi connectivity index (χ1) is 10.9. The Balaban J connectivity index is 2.04. The number of rotatable bonds is 2. The van der Waals surface area contributed by atoms with E-state index in [1.54, 1.807) is 12.4 Å². The zero-order chi connectivity index (χ0) is 16.7. The first-order valence-electron chi connectivity index (χ1n) is 8.11. The van der Waals surface area contributed by atoms with E-state index in [2.05, 4.69) is 26.6 Å². The highest BCUT2D eigenvalue weighted by atomic mass is 16.1. The lowest BCUT2D eigenvalue weighted by Crippen LogP contribution is -2.57. The van der Waals surface area contributed by atoms with Crippen LogP contribution in [0.3, 0.4) is 0 Å². The summed E-state index contributed by atoms with van der Waals surface area (Å²) in [4.78, 5) is 27.0. The van der Waals surface area contributed by atoms with Gasteiger partial charge in [-0.1, -0.05) is 26.8 Å². The summed E-state index contributed by atoms with van der Waals surface area (Å²) in [6.45, 7) is 15.1. The highest BCUT2D eigenvalue weighted by Gasteiger charge is 2.54. The number of anilines is 1. The van der Waals surface area contributed by atoms with Crippen LogP contribution in [0.15, 0.2) is 30.2 Å². The lowest BCUT2D eigenvalue weighted by molar-refractivity contribution is -0.130. The lowest BCUT2D eigenvalue weighted by Gasteiger charge is -2.54. The van der Waals surface area contributed by atoms with Crippen molar-refractivity contribution in [3.63, 3.8) is 0 Å². The Kier molecular flexibility index (Phi) is 3.71. The summed E-state index contributed by atoms with van der Waals surface area (Å²) >= 11 is 0. The number of hydrogen-bond acceptors (Lipinski definition) is 4. The van der Waals surface area contributed by atoms with Crippen LogP contribution in [0.1, 0.15) is 33.6 Å². The summed E-state index contributed by atoms with van der Waals surface area (Å²) in [5, 5.41) is 0. The number of aromatic nitrogens is 2. The predicted octanol–water partition coefficient (Wildman–Crippen LogP) is 3.11. The molecule has 0 unspecified atom stereocenters. The zero-order valence-electron chi connectivity index (χ0n) is 13.9. The van der Waals surface area contributed by atoms with Crippen molar-refractivity contribution in [2.24, 2.45) is 16.7 Å². The molecule has 23 heavy (non-hydrogen) atoms. The van der Waals surface area contributed by atoms with E-state index in [0.717, 1.165) is 31.9 Å². The number of ketones is 1. The molecule has 5 nitrogen and oxygen atoms in total. The van der Waals surface area contributed by atoms with Crippen LogP contribution >= 0.6 is 0 Å². The van der Waals surface area contributed by atoms with E-state index in [0.29, 0.717) is 5.70 Å². The van der Waals surface area contributed by atoms with Gasteiger partial charge in [-0.15, -0.1) is 0 Å². The minimum atomic E-state index is -0.492. The minimum Gasteiger partial charge on any atom is -0.340 e. The van der Waals surface area contributed by atoms with Crippen molar-refractivity contribution in [1.82, 2.24) is 9.97 Å². The highest BCUT2D eigenvalue weighted by Crippen LogP contribution is 2.54. The van der Waals surface area contributed by atoms with Gasteiger partial charge in [-0.05, 0) is 24.8 Å². The van der Waals surface area contributed by atoms with Crippen molar-refractivity contribution in [2.75, 3.05) is 18.0 Å². The SMILES string of the molecule is [C-]#[N+]C1=C[C@]2(CC)CN(c3ncccn3)CC[C@H]2C(C)(C)C1=O. The Hall–Kier alpha value is -2.22. The number of allylic oxidation sites excluding steroid dienone is 1. The van der Waals surface area contributed by atoms with Crippen LogP contribution in [0.5, 0.6) is 0 Å². The van der Waals surface area contributed by atoms with Crippen LogP contribution in [-0.2, 0) is 4.79 Å². The molecule has 1 aromatic rings. The molecule has 0 saturated carbocycles. The molecule has 0 spiro atoms. The largest absolute Gasteiger partial charge is 0.340 e. The van der Waals surface area contributed by atoms with Crippen molar-refractivity contribution in [3.8, 4) is 0 Å². The third kappa shape index (κ3) is 2.33. The number of piperidine rings is 1. The van der Waals surface area contributed by atoms with E-state index < -0.39 is 5.41 Å². The normalized spacial score (nSPS) is 29.5. The van der Waals surface area contributed by atoms with Crippen molar-refractivity contribution in [2.45, 2.75) is 33.6 Å².